The van der Waals surface area contributed by atoms with Gasteiger partial charge in [0, 0.05) is 11.3 Å². The highest BCUT2D eigenvalue weighted by Gasteiger charge is 2.21. The predicted octanol–water partition coefficient (Wildman–Crippen LogP) is 6.01. The Morgan fingerprint density at radius 3 is 2.04 bits per heavy atom. The average Bonchev–Trinajstić information content (AvgIpc) is 3.12. The van der Waals surface area contributed by atoms with Gasteiger partial charge in [-0.1, -0.05) is 84.9 Å². The first-order valence-electron chi connectivity index (χ1n) is 8.58. The normalized spacial score (nSPS) is 16.7. The van der Waals surface area contributed by atoms with Crippen LogP contribution in [0.3, 0.4) is 0 Å². The molecule has 1 unspecified atom stereocenters. The lowest BCUT2D eigenvalue weighted by Crippen LogP contribution is -2.18. The zero-order valence-corrected chi connectivity index (χ0v) is 13.7. The first kappa shape index (κ1) is 14.8. The Balaban J connectivity index is 1.64. The molecule has 0 fully saturated rings. The second-order valence-corrected chi connectivity index (χ2v) is 6.21. The van der Waals surface area contributed by atoms with E-state index in [-0.39, 0.29) is 0 Å². The Morgan fingerprint density at radius 1 is 0.667 bits per heavy atom. The topological polar surface area (TPSA) is 12.0 Å². The lowest BCUT2D eigenvalue weighted by atomic mass is 9.99. The highest BCUT2D eigenvalue weighted by Crippen LogP contribution is 2.34. The fourth-order valence-electron chi connectivity index (χ4n) is 3.47. The zero-order chi connectivity index (χ0) is 16.2. The third-order valence-electron chi connectivity index (χ3n) is 4.64. The van der Waals surface area contributed by atoms with Crippen LogP contribution in [0.5, 0.6) is 0 Å². The first-order valence-corrected chi connectivity index (χ1v) is 8.58. The molecular weight excluding hydrogens is 290 g/mol. The number of para-hydroxylation sites is 1. The Bertz CT molecular complexity index is 834. The van der Waals surface area contributed by atoms with Gasteiger partial charge in [-0.3, -0.25) is 0 Å². The maximum absolute atomic E-state index is 3.79. The van der Waals surface area contributed by atoms with Crippen LogP contribution in [0.15, 0.2) is 91.0 Å². The van der Waals surface area contributed by atoms with E-state index < -0.39 is 0 Å². The van der Waals surface area contributed by atoms with Crippen molar-refractivity contribution in [3.63, 3.8) is 0 Å². The molecule has 118 valence electrons. The lowest BCUT2D eigenvalue weighted by molar-refractivity contribution is 0.835. The van der Waals surface area contributed by atoms with E-state index >= 15 is 0 Å². The summed E-state index contributed by atoms with van der Waals surface area (Å²) in [5.41, 5.74) is 6.46. The molecule has 3 aromatic carbocycles. The van der Waals surface area contributed by atoms with Crippen molar-refractivity contribution in [2.45, 2.75) is 18.9 Å². The van der Waals surface area contributed by atoms with Crippen molar-refractivity contribution in [2.75, 3.05) is 5.32 Å². The van der Waals surface area contributed by atoms with Crippen LogP contribution in [-0.2, 0) is 0 Å². The number of benzene rings is 3. The van der Waals surface area contributed by atoms with E-state index in [9.17, 15) is 0 Å². The third-order valence-corrected chi connectivity index (χ3v) is 4.64. The molecule has 0 saturated heterocycles. The summed E-state index contributed by atoms with van der Waals surface area (Å²) >= 11 is 0. The van der Waals surface area contributed by atoms with E-state index in [2.05, 4.69) is 96.3 Å². The van der Waals surface area contributed by atoms with Crippen LogP contribution in [0, 0.1) is 0 Å². The minimum Gasteiger partial charge on any atom is -0.378 e. The van der Waals surface area contributed by atoms with Crippen LogP contribution in [0.4, 0.5) is 5.69 Å². The molecule has 1 nitrogen and oxygen atoms in total. The first-order chi connectivity index (χ1) is 11.9. The highest BCUT2D eigenvalue weighted by atomic mass is 14.9. The van der Waals surface area contributed by atoms with Gasteiger partial charge in [0.15, 0.2) is 0 Å². The minimum absolute atomic E-state index is 0.372. The van der Waals surface area contributed by atoms with Gasteiger partial charge in [0.25, 0.3) is 0 Å². The highest BCUT2D eigenvalue weighted by molar-refractivity contribution is 5.81. The summed E-state index contributed by atoms with van der Waals surface area (Å²) in [7, 11) is 0. The second-order valence-electron chi connectivity index (χ2n) is 6.21. The number of nitrogens with one attached hydrogen (secondary N) is 1. The van der Waals surface area contributed by atoms with Gasteiger partial charge in [-0.15, -0.1) is 0 Å². The van der Waals surface area contributed by atoms with Crippen molar-refractivity contribution < 1.29 is 0 Å². The summed E-state index contributed by atoms with van der Waals surface area (Å²) in [4.78, 5) is 0. The van der Waals surface area contributed by atoms with E-state index in [0.29, 0.717) is 6.04 Å². The lowest BCUT2D eigenvalue weighted by Gasteiger charge is -2.21. The molecule has 0 radical (unpaired) electrons. The summed E-state index contributed by atoms with van der Waals surface area (Å²) < 4.78 is 0. The SMILES string of the molecule is C1=C(c2ccccc2)C(Nc2ccccc2-c2ccccc2)CC1. The summed E-state index contributed by atoms with van der Waals surface area (Å²) in [5, 5.41) is 3.79. The fraction of sp³-hybridized carbons (Fsp3) is 0.130. The van der Waals surface area contributed by atoms with Gasteiger partial charge in [-0.25, -0.2) is 0 Å². The minimum atomic E-state index is 0.372. The second kappa shape index (κ2) is 6.76. The quantitative estimate of drug-likeness (QED) is 0.622. The van der Waals surface area contributed by atoms with Gasteiger partial charge in [-0.2, -0.15) is 0 Å². The van der Waals surface area contributed by atoms with E-state index in [1.807, 2.05) is 0 Å². The molecule has 0 bridgehead atoms. The van der Waals surface area contributed by atoms with E-state index in [4.69, 9.17) is 0 Å². The molecule has 1 atom stereocenters. The van der Waals surface area contributed by atoms with Crippen LogP contribution in [-0.4, -0.2) is 6.04 Å². The van der Waals surface area contributed by atoms with Crippen molar-refractivity contribution in [2.24, 2.45) is 0 Å². The Kier molecular flexibility index (Phi) is 4.16. The summed E-state index contributed by atoms with van der Waals surface area (Å²) in [6, 6.07) is 30.3. The van der Waals surface area contributed by atoms with Gasteiger partial charge in [-0.05, 0) is 35.6 Å². The summed E-state index contributed by atoms with van der Waals surface area (Å²) in [5.74, 6) is 0. The number of rotatable bonds is 4. The van der Waals surface area contributed by atoms with Crippen molar-refractivity contribution in [1.82, 2.24) is 0 Å². The fourth-order valence-corrected chi connectivity index (χ4v) is 3.47. The molecule has 0 amide bonds. The van der Waals surface area contributed by atoms with Crippen LogP contribution in [0.2, 0.25) is 0 Å². The standard InChI is InChI=1S/C23H21N/c1-3-10-18(11-4-1)20-14-7-8-16-22(20)24-23-17-9-15-21(23)19-12-5-2-6-13-19/h1-8,10-16,23-24H,9,17H2. The number of hydrogen-bond acceptors (Lipinski definition) is 1. The average molecular weight is 311 g/mol. The summed E-state index contributed by atoms with van der Waals surface area (Å²) in [6.45, 7) is 0. The molecule has 1 aliphatic rings. The monoisotopic (exact) mass is 311 g/mol. The van der Waals surface area contributed by atoms with E-state index in [0.717, 1.165) is 12.8 Å². The molecule has 4 rings (SSSR count). The van der Waals surface area contributed by atoms with Crippen molar-refractivity contribution in [3.05, 3.63) is 96.6 Å². The summed E-state index contributed by atoms with van der Waals surface area (Å²) in [6.07, 6.45) is 4.65. The molecule has 0 aromatic heterocycles. The number of hydrogen-bond donors (Lipinski definition) is 1. The van der Waals surface area contributed by atoms with E-state index in [1.54, 1.807) is 0 Å². The van der Waals surface area contributed by atoms with Crippen molar-refractivity contribution in [1.29, 1.82) is 0 Å². The molecule has 1 N–H and O–H groups in total. The van der Waals surface area contributed by atoms with Gasteiger partial charge in [0.2, 0.25) is 0 Å². The molecule has 0 heterocycles. The van der Waals surface area contributed by atoms with Gasteiger partial charge in [0.1, 0.15) is 0 Å². The van der Waals surface area contributed by atoms with Crippen LogP contribution >= 0.6 is 0 Å². The van der Waals surface area contributed by atoms with Crippen LogP contribution < -0.4 is 5.32 Å². The van der Waals surface area contributed by atoms with Crippen molar-refractivity contribution >= 4 is 11.3 Å². The Hall–Kier alpha value is -2.80. The van der Waals surface area contributed by atoms with Gasteiger partial charge < -0.3 is 5.32 Å². The predicted molar refractivity (Wildman–Crippen MR) is 103 cm³/mol. The smallest absolute Gasteiger partial charge is 0.0519 e. The Morgan fingerprint density at radius 2 is 1.29 bits per heavy atom. The van der Waals surface area contributed by atoms with Crippen LogP contribution in [0.1, 0.15) is 18.4 Å². The number of anilines is 1. The zero-order valence-electron chi connectivity index (χ0n) is 13.7. The molecular formula is C23H21N. The number of allylic oxidation sites excluding steroid dienone is 1. The van der Waals surface area contributed by atoms with E-state index in [1.165, 1.54) is 28.0 Å². The van der Waals surface area contributed by atoms with Gasteiger partial charge >= 0.3 is 0 Å². The Labute approximate surface area is 143 Å². The molecule has 3 aromatic rings. The largest absolute Gasteiger partial charge is 0.378 e. The molecule has 1 heteroatoms. The molecule has 0 spiro atoms. The maximum Gasteiger partial charge on any atom is 0.0519 e. The molecule has 0 saturated carbocycles. The molecule has 1 aliphatic carbocycles. The molecule has 0 aliphatic heterocycles. The third kappa shape index (κ3) is 2.98. The van der Waals surface area contributed by atoms with Crippen molar-refractivity contribution in [3.8, 4) is 11.1 Å². The van der Waals surface area contributed by atoms with Crippen LogP contribution in [0.25, 0.3) is 16.7 Å². The van der Waals surface area contributed by atoms with Gasteiger partial charge in [0.05, 0.1) is 6.04 Å². The molecule has 24 heavy (non-hydrogen) atoms. The maximum atomic E-state index is 3.79.